The Morgan fingerprint density at radius 3 is 2.47 bits per heavy atom. The average molecular weight is 454 g/mol. The van der Waals surface area contributed by atoms with Gasteiger partial charge in [0, 0.05) is 16.5 Å². The van der Waals surface area contributed by atoms with E-state index in [0.29, 0.717) is 12.2 Å². The minimum absolute atomic E-state index is 0.0437. The highest BCUT2D eigenvalue weighted by molar-refractivity contribution is 7.10. The third-order valence-electron chi connectivity index (χ3n) is 6.49. The first-order valence-electron chi connectivity index (χ1n) is 11.6. The average Bonchev–Trinajstić information content (AvgIpc) is 3.52. The standard InChI is InChI=1S/C26H31NO4S/c1-3-4-7-15-31-20-12-10-18(11-13-20)23(28)21-22(25-17(2)14-16-32-25)27(26(30)24(21)29)19-8-5-6-9-19/h10-14,16,19,22,28H,3-9,15H2,1-2H3/b23-21-. The van der Waals surface area contributed by atoms with Crippen molar-refractivity contribution in [3.8, 4) is 5.75 Å². The van der Waals surface area contributed by atoms with Gasteiger partial charge in [0.1, 0.15) is 17.6 Å². The van der Waals surface area contributed by atoms with Crippen LogP contribution in [0.4, 0.5) is 0 Å². The molecule has 170 valence electrons. The van der Waals surface area contributed by atoms with Gasteiger partial charge in [-0.25, -0.2) is 0 Å². The van der Waals surface area contributed by atoms with Crippen molar-refractivity contribution < 1.29 is 19.4 Å². The number of Topliss-reactive ketones (excluding diaryl/α,β-unsaturated/α-hetero) is 1. The van der Waals surface area contributed by atoms with Crippen LogP contribution in [0.25, 0.3) is 5.76 Å². The molecule has 2 fully saturated rings. The fourth-order valence-electron chi connectivity index (χ4n) is 4.74. The fourth-order valence-corrected chi connectivity index (χ4v) is 5.77. The highest BCUT2D eigenvalue weighted by atomic mass is 32.1. The Morgan fingerprint density at radius 1 is 1.12 bits per heavy atom. The van der Waals surface area contributed by atoms with Gasteiger partial charge in [0.2, 0.25) is 0 Å². The number of ether oxygens (including phenoxy) is 1. The molecule has 2 aromatic rings. The van der Waals surface area contributed by atoms with Crippen LogP contribution in [-0.2, 0) is 9.59 Å². The zero-order valence-corrected chi connectivity index (χ0v) is 19.6. The maximum Gasteiger partial charge on any atom is 0.295 e. The minimum atomic E-state index is -0.591. The Labute approximate surface area is 193 Å². The summed E-state index contributed by atoms with van der Waals surface area (Å²) >= 11 is 1.53. The first-order valence-corrected chi connectivity index (χ1v) is 12.5. The van der Waals surface area contributed by atoms with Crippen LogP contribution in [0.5, 0.6) is 5.75 Å². The number of thiophene rings is 1. The Bertz CT molecular complexity index is 1000. The van der Waals surface area contributed by atoms with Gasteiger partial charge in [-0.3, -0.25) is 9.59 Å². The molecule has 5 nitrogen and oxygen atoms in total. The monoisotopic (exact) mass is 453 g/mol. The fraction of sp³-hybridized carbons (Fsp3) is 0.462. The number of hydrogen-bond acceptors (Lipinski definition) is 5. The predicted octanol–water partition coefficient (Wildman–Crippen LogP) is 5.99. The second-order valence-corrected chi connectivity index (χ2v) is 9.64. The van der Waals surface area contributed by atoms with E-state index in [1.165, 1.54) is 11.3 Å². The third kappa shape index (κ3) is 4.33. The molecule has 1 aliphatic carbocycles. The van der Waals surface area contributed by atoms with E-state index in [9.17, 15) is 14.7 Å². The number of carbonyl (C=O) groups is 2. The molecule has 4 rings (SSSR count). The number of carbonyl (C=O) groups excluding carboxylic acids is 2. The Kier molecular flexibility index (Phi) is 6.99. The molecule has 1 aromatic carbocycles. The molecule has 1 amide bonds. The molecule has 1 aliphatic heterocycles. The molecule has 2 heterocycles. The number of nitrogens with zero attached hydrogens (tertiary/aromatic N) is 1. The van der Waals surface area contributed by atoms with Crippen LogP contribution >= 0.6 is 11.3 Å². The van der Waals surface area contributed by atoms with E-state index in [1.54, 1.807) is 29.2 Å². The van der Waals surface area contributed by atoms with Gasteiger partial charge in [0.05, 0.1) is 12.2 Å². The summed E-state index contributed by atoms with van der Waals surface area (Å²) < 4.78 is 5.76. The number of aryl methyl sites for hydroxylation is 1. The Morgan fingerprint density at radius 2 is 1.84 bits per heavy atom. The summed E-state index contributed by atoms with van der Waals surface area (Å²) in [5, 5.41) is 13.2. The SMILES string of the molecule is CCCCCOc1ccc(/C(O)=C2/C(=O)C(=O)N(C3CCCC3)C2c2sccc2C)cc1. The summed E-state index contributed by atoms with van der Waals surface area (Å²) in [7, 11) is 0. The lowest BCUT2D eigenvalue weighted by atomic mass is 9.97. The smallest absolute Gasteiger partial charge is 0.295 e. The molecule has 0 bridgehead atoms. The van der Waals surface area contributed by atoms with Crippen LogP contribution < -0.4 is 4.74 Å². The summed E-state index contributed by atoms with van der Waals surface area (Å²) in [5.74, 6) is -0.465. The number of ketones is 1. The number of amides is 1. The van der Waals surface area contributed by atoms with E-state index in [0.717, 1.165) is 61.1 Å². The van der Waals surface area contributed by atoms with E-state index >= 15 is 0 Å². The van der Waals surface area contributed by atoms with Crippen molar-refractivity contribution >= 4 is 28.8 Å². The van der Waals surface area contributed by atoms with Crippen molar-refractivity contribution in [3.05, 3.63) is 57.3 Å². The first-order chi connectivity index (χ1) is 15.5. The van der Waals surface area contributed by atoms with Crippen LogP contribution in [0.3, 0.4) is 0 Å². The normalized spacial score (nSPS) is 20.9. The number of benzene rings is 1. The molecular weight excluding hydrogens is 422 g/mol. The van der Waals surface area contributed by atoms with Gasteiger partial charge >= 0.3 is 0 Å². The number of likely N-dealkylation sites (tertiary alicyclic amines) is 1. The zero-order chi connectivity index (χ0) is 22.7. The van der Waals surface area contributed by atoms with E-state index in [1.807, 2.05) is 18.4 Å². The summed E-state index contributed by atoms with van der Waals surface area (Å²) in [6.07, 6.45) is 7.19. The molecule has 0 spiro atoms. The highest BCUT2D eigenvalue weighted by Crippen LogP contribution is 2.45. The highest BCUT2D eigenvalue weighted by Gasteiger charge is 2.50. The third-order valence-corrected chi connectivity index (χ3v) is 7.56. The lowest BCUT2D eigenvalue weighted by Crippen LogP contribution is -2.37. The van der Waals surface area contributed by atoms with Gasteiger partial charge in [0.15, 0.2) is 0 Å². The number of aliphatic hydroxyl groups excluding tert-OH is 1. The topological polar surface area (TPSA) is 66.8 Å². The molecule has 1 unspecified atom stereocenters. The van der Waals surface area contributed by atoms with Crippen LogP contribution in [0.15, 0.2) is 41.3 Å². The number of unbranched alkanes of at least 4 members (excludes halogenated alkanes) is 2. The minimum Gasteiger partial charge on any atom is -0.507 e. The molecule has 2 aliphatic rings. The van der Waals surface area contributed by atoms with E-state index in [2.05, 4.69) is 6.92 Å². The van der Waals surface area contributed by atoms with Gasteiger partial charge in [-0.15, -0.1) is 11.3 Å². The predicted molar refractivity (Wildman–Crippen MR) is 127 cm³/mol. The summed E-state index contributed by atoms with van der Waals surface area (Å²) in [5.41, 5.74) is 1.75. The van der Waals surface area contributed by atoms with Crippen LogP contribution in [0.1, 0.15) is 73.9 Å². The van der Waals surface area contributed by atoms with Gasteiger partial charge in [-0.1, -0.05) is 32.6 Å². The lowest BCUT2D eigenvalue weighted by Gasteiger charge is -2.30. The van der Waals surface area contributed by atoms with E-state index in [4.69, 9.17) is 4.74 Å². The molecule has 6 heteroatoms. The number of aliphatic hydroxyl groups is 1. The van der Waals surface area contributed by atoms with E-state index in [-0.39, 0.29) is 17.4 Å². The van der Waals surface area contributed by atoms with Crippen molar-refractivity contribution in [3.63, 3.8) is 0 Å². The van der Waals surface area contributed by atoms with Crippen LogP contribution in [-0.4, -0.2) is 34.3 Å². The quantitative estimate of drug-likeness (QED) is 0.231. The summed E-state index contributed by atoms with van der Waals surface area (Å²) in [6.45, 7) is 4.80. The van der Waals surface area contributed by atoms with Gasteiger partial charge in [0.25, 0.3) is 11.7 Å². The van der Waals surface area contributed by atoms with Crippen molar-refractivity contribution in [2.24, 2.45) is 0 Å². The van der Waals surface area contributed by atoms with Crippen molar-refractivity contribution in [1.82, 2.24) is 4.90 Å². The largest absolute Gasteiger partial charge is 0.507 e. The molecule has 1 aromatic heterocycles. The summed E-state index contributed by atoms with van der Waals surface area (Å²) in [6, 6.07) is 8.64. The molecule has 1 N–H and O–H groups in total. The lowest BCUT2D eigenvalue weighted by molar-refractivity contribution is -0.141. The molecule has 1 saturated carbocycles. The number of hydrogen-bond donors (Lipinski definition) is 1. The van der Waals surface area contributed by atoms with Gasteiger partial charge in [-0.05, 0) is 67.5 Å². The van der Waals surface area contributed by atoms with Crippen molar-refractivity contribution in [2.45, 2.75) is 70.9 Å². The van der Waals surface area contributed by atoms with Crippen LogP contribution in [0, 0.1) is 6.92 Å². The second-order valence-electron chi connectivity index (χ2n) is 8.69. The molecule has 32 heavy (non-hydrogen) atoms. The first kappa shape index (κ1) is 22.6. The van der Waals surface area contributed by atoms with Gasteiger partial charge < -0.3 is 14.7 Å². The molecule has 1 atom stereocenters. The maximum absolute atomic E-state index is 13.1. The van der Waals surface area contributed by atoms with E-state index < -0.39 is 17.7 Å². The molecular formula is C26H31NO4S. The van der Waals surface area contributed by atoms with Crippen LogP contribution in [0.2, 0.25) is 0 Å². The zero-order valence-electron chi connectivity index (χ0n) is 18.8. The molecule has 1 saturated heterocycles. The Hall–Kier alpha value is -2.60. The van der Waals surface area contributed by atoms with Crippen molar-refractivity contribution in [2.75, 3.05) is 6.61 Å². The second kappa shape index (κ2) is 9.90. The van der Waals surface area contributed by atoms with Gasteiger partial charge in [-0.2, -0.15) is 0 Å². The maximum atomic E-state index is 13.1. The van der Waals surface area contributed by atoms with Crippen molar-refractivity contribution in [1.29, 1.82) is 0 Å². The Balaban J connectivity index is 1.68. The summed E-state index contributed by atoms with van der Waals surface area (Å²) in [4.78, 5) is 28.9. The number of rotatable bonds is 8. The molecule has 0 radical (unpaired) electrons.